The van der Waals surface area contributed by atoms with E-state index in [1.807, 2.05) is 30.3 Å². The van der Waals surface area contributed by atoms with Gasteiger partial charge in [0.05, 0.1) is 5.52 Å². The standard InChI is InChI=1S/C14H13NO2/c16-10-6-7-11(9-10)17-14-5-1-4-13-12(14)3-2-8-15-13/h1-5,8,11H,6-7,9H2. The van der Waals surface area contributed by atoms with Crippen LogP contribution in [0.15, 0.2) is 36.5 Å². The molecule has 17 heavy (non-hydrogen) atoms. The number of fused-ring (bicyclic) bond motifs is 1. The summed E-state index contributed by atoms with van der Waals surface area (Å²) in [5.74, 6) is 1.13. The van der Waals surface area contributed by atoms with Gasteiger partial charge in [-0.1, -0.05) is 6.07 Å². The first-order valence-electron chi connectivity index (χ1n) is 5.85. The number of aromatic nitrogens is 1. The third kappa shape index (κ3) is 2.00. The maximum atomic E-state index is 11.2. The topological polar surface area (TPSA) is 39.2 Å². The van der Waals surface area contributed by atoms with Crippen molar-refractivity contribution in [3.05, 3.63) is 36.5 Å². The maximum Gasteiger partial charge on any atom is 0.136 e. The summed E-state index contributed by atoms with van der Waals surface area (Å²) >= 11 is 0. The summed E-state index contributed by atoms with van der Waals surface area (Å²) in [6.45, 7) is 0. The Labute approximate surface area is 99.4 Å². The molecule has 1 aliphatic carbocycles. The summed E-state index contributed by atoms with van der Waals surface area (Å²) < 4.78 is 5.90. The van der Waals surface area contributed by atoms with Crippen LogP contribution < -0.4 is 4.74 Å². The Balaban J connectivity index is 1.92. The number of Topliss-reactive ketones (excluding diaryl/α,β-unsaturated/α-hetero) is 1. The van der Waals surface area contributed by atoms with Gasteiger partial charge in [0.1, 0.15) is 17.6 Å². The highest BCUT2D eigenvalue weighted by Gasteiger charge is 2.23. The van der Waals surface area contributed by atoms with Gasteiger partial charge in [0.15, 0.2) is 0 Å². The van der Waals surface area contributed by atoms with Gasteiger partial charge in [-0.25, -0.2) is 0 Å². The molecule has 1 aliphatic rings. The van der Waals surface area contributed by atoms with Crippen molar-refractivity contribution < 1.29 is 9.53 Å². The lowest BCUT2D eigenvalue weighted by atomic mass is 10.2. The second-order valence-electron chi connectivity index (χ2n) is 4.35. The fourth-order valence-corrected chi connectivity index (χ4v) is 2.24. The number of carbonyl (C=O) groups is 1. The van der Waals surface area contributed by atoms with Crippen molar-refractivity contribution in [2.45, 2.75) is 25.4 Å². The van der Waals surface area contributed by atoms with E-state index < -0.39 is 0 Å². The molecule has 86 valence electrons. The summed E-state index contributed by atoms with van der Waals surface area (Å²) in [4.78, 5) is 15.5. The average Bonchev–Trinajstić information content (AvgIpc) is 2.75. The van der Waals surface area contributed by atoms with Gasteiger partial charge in [-0.2, -0.15) is 0 Å². The van der Waals surface area contributed by atoms with E-state index in [1.165, 1.54) is 0 Å². The first kappa shape index (κ1) is 10.3. The Morgan fingerprint density at radius 3 is 3.00 bits per heavy atom. The molecule has 0 saturated heterocycles. The minimum Gasteiger partial charge on any atom is -0.489 e. The van der Waals surface area contributed by atoms with Crippen molar-refractivity contribution in [2.75, 3.05) is 0 Å². The molecule has 0 bridgehead atoms. The smallest absolute Gasteiger partial charge is 0.136 e. The molecule has 0 radical (unpaired) electrons. The highest BCUT2D eigenvalue weighted by atomic mass is 16.5. The Kier molecular flexibility index (Phi) is 2.52. The summed E-state index contributed by atoms with van der Waals surface area (Å²) in [5, 5.41) is 1.01. The number of carbonyl (C=O) groups excluding carboxylic acids is 1. The zero-order valence-corrected chi connectivity index (χ0v) is 9.43. The van der Waals surface area contributed by atoms with Crippen molar-refractivity contribution in [2.24, 2.45) is 0 Å². The number of pyridine rings is 1. The van der Waals surface area contributed by atoms with Gasteiger partial charge in [0.25, 0.3) is 0 Å². The molecule has 1 fully saturated rings. The third-order valence-electron chi connectivity index (χ3n) is 3.10. The number of hydrogen-bond donors (Lipinski definition) is 0. The molecule has 3 heteroatoms. The molecular weight excluding hydrogens is 214 g/mol. The highest BCUT2D eigenvalue weighted by molar-refractivity contribution is 5.85. The lowest BCUT2D eigenvalue weighted by Crippen LogP contribution is -2.12. The van der Waals surface area contributed by atoms with Crippen LogP contribution in [-0.2, 0) is 4.79 Å². The molecule has 0 aliphatic heterocycles. The summed E-state index contributed by atoms with van der Waals surface area (Å²) in [7, 11) is 0. The first-order chi connectivity index (χ1) is 8.33. The van der Waals surface area contributed by atoms with Crippen LogP contribution in [0.5, 0.6) is 5.75 Å². The number of nitrogens with zero attached hydrogens (tertiary/aromatic N) is 1. The van der Waals surface area contributed by atoms with Crippen LogP contribution >= 0.6 is 0 Å². The van der Waals surface area contributed by atoms with Gasteiger partial charge in [0, 0.05) is 24.4 Å². The van der Waals surface area contributed by atoms with E-state index in [-0.39, 0.29) is 6.10 Å². The van der Waals surface area contributed by atoms with E-state index in [9.17, 15) is 4.79 Å². The molecule has 0 spiro atoms. The predicted molar refractivity (Wildman–Crippen MR) is 65.0 cm³/mol. The van der Waals surface area contributed by atoms with Gasteiger partial charge in [-0.05, 0) is 30.7 Å². The predicted octanol–water partition coefficient (Wildman–Crippen LogP) is 2.74. The summed E-state index contributed by atoms with van der Waals surface area (Å²) in [5.41, 5.74) is 0.925. The summed E-state index contributed by atoms with van der Waals surface area (Å²) in [6.07, 6.45) is 3.82. The maximum absolute atomic E-state index is 11.2. The molecule has 2 aromatic rings. The molecule has 1 atom stereocenters. The largest absolute Gasteiger partial charge is 0.489 e. The van der Waals surface area contributed by atoms with Crippen molar-refractivity contribution in [3.63, 3.8) is 0 Å². The van der Waals surface area contributed by atoms with Crippen LogP contribution in [0.25, 0.3) is 10.9 Å². The lowest BCUT2D eigenvalue weighted by molar-refractivity contribution is -0.117. The molecule has 3 nitrogen and oxygen atoms in total. The van der Waals surface area contributed by atoms with Crippen LogP contribution in [0.3, 0.4) is 0 Å². The Morgan fingerprint density at radius 1 is 1.24 bits per heavy atom. The van der Waals surface area contributed by atoms with Crippen molar-refractivity contribution in [1.82, 2.24) is 4.98 Å². The van der Waals surface area contributed by atoms with Crippen LogP contribution in [0.4, 0.5) is 0 Å². The van der Waals surface area contributed by atoms with Gasteiger partial charge >= 0.3 is 0 Å². The minimum absolute atomic E-state index is 0.0355. The van der Waals surface area contributed by atoms with E-state index in [4.69, 9.17) is 4.74 Å². The van der Waals surface area contributed by atoms with Crippen molar-refractivity contribution in [1.29, 1.82) is 0 Å². The molecule has 3 rings (SSSR count). The van der Waals surface area contributed by atoms with Gasteiger partial charge in [-0.15, -0.1) is 0 Å². The Bertz CT molecular complexity index is 560. The van der Waals surface area contributed by atoms with E-state index >= 15 is 0 Å². The van der Waals surface area contributed by atoms with E-state index in [0.717, 1.165) is 23.1 Å². The minimum atomic E-state index is 0.0355. The molecule has 1 aromatic heterocycles. The molecule has 1 unspecified atom stereocenters. The number of hydrogen-bond acceptors (Lipinski definition) is 3. The molecule has 1 aromatic carbocycles. The lowest BCUT2D eigenvalue weighted by Gasteiger charge is -2.13. The first-order valence-corrected chi connectivity index (χ1v) is 5.85. The van der Waals surface area contributed by atoms with Crippen LogP contribution in [0.2, 0.25) is 0 Å². The van der Waals surface area contributed by atoms with Crippen molar-refractivity contribution >= 4 is 16.7 Å². The quantitative estimate of drug-likeness (QED) is 0.791. The number of ketones is 1. The highest BCUT2D eigenvalue weighted by Crippen LogP contribution is 2.28. The van der Waals surface area contributed by atoms with Gasteiger partial charge < -0.3 is 4.74 Å². The Morgan fingerprint density at radius 2 is 2.18 bits per heavy atom. The zero-order valence-electron chi connectivity index (χ0n) is 9.43. The SMILES string of the molecule is O=C1CCC(Oc2cccc3ncccc23)C1. The summed E-state index contributed by atoms with van der Waals surface area (Å²) in [6, 6.07) is 9.72. The van der Waals surface area contributed by atoms with E-state index in [1.54, 1.807) is 6.20 Å². The zero-order chi connectivity index (χ0) is 11.7. The molecule has 0 amide bonds. The molecule has 1 saturated carbocycles. The average molecular weight is 227 g/mol. The fourth-order valence-electron chi connectivity index (χ4n) is 2.24. The van der Waals surface area contributed by atoms with Crippen LogP contribution in [0, 0.1) is 0 Å². The molecule has 0 N–H and O–H groups in total. The number of rotatable bonds is 2. The fraction of sp³-hybridized carbons (Fsp3) is 0.286. The Hall–Kier alpha value is -1.90. The van der Waals surface area contributed by atoms with Gasteiger partial charge in [-0.3, -0.25) is 9.78 Å². The second-order valence-corrected chi connectivity index (χ2v) is 4.35. The number of benzene rings is 1. The molecule has 1 heterocycles. The normalized spacial score (nSPS) is 19.8. The number of ether oxygens (including phenoxy) is 1. The second kappa shape index (κ2) is 4.17. The third-order valence-corrected chi connectivity index (χ3v) is 3.10. The van der Waals surface area contributed by atoms with Crippen molar-refractivity contribution in [3.8, 4) is 5.75 Å². The van der Waals surface area contributed by atoms with E-state index in [2.05, 4.69) is 4.98 Å². The van der Waals surface area contributed by atoms with Crippen LogP contribution in [0.1, 0.15) is 19.3 Å². The molecular formula is C14H13NO2. The van der Waals surface area contributed by atoms with E-state index in [0.29, 0.717) is 18.6 Å². The van der Waals surface area contributed by atoms with Gasteiger partial charge in [0.2, 0.25) is 0 Å². The van der Waals surface area contributed by atoms with Crippen LogP contribution in [-0.4, -0.2) is 16.9 Å². The monoisotopic (exact) mass is 227 g/mol.